The van der Waals surface area contributed by atoms with Crippen LogP contribution in [-0.4, -0.2) is 66.4 Å². The molecule has 0 spiro atoms. The molecule has 0 aliphatic carbocycles. The summed E-state index contributed by atoms with van der Waals surface area (Å²) in [6.45, 7) is 17.4. The Hall–Kier alpha value is -4.02. The second-order valence-corrected chi connectivity index (χ2v) is 18.3. The zero-order chi connectivity index (χ0) is 32.3. The number of pyridine rings is 1. The maximum Gasteiger partial charge on any atom is 0.410 e. The van der Waals surface area contributed by atoms with E-state index in [0.29, 0.717) is 24.1 Å². The lowest BCUT2D eigenvalue weighted by atomic mass is 10.0. The molecule has 0 radical (unpaired) electrons. The number of ether oxygens (including phenoxy) is 1. The fourth-order valence-electron chi connectivity index (χ4n) is 4.46. The highest BCUT2D eigenvalue weighted by Crippen LogP contribution is 2.36. The molecule has 2 aromatic carbocycles. The summed E-state index contributed by atoms with van der Waals surface area (Å²) in [5.41, 5.74) is 2.04. The number of nitrogens with one attached hydrogen (secondary N) is 1. The molecule has 0 unspecified atom stereocenters. The van der Waals surface area contributed by atoms with Crippen LogP contribution in [0.5, 0.6) is 0 Å². The molecular weight excluding hydrogens is 572 g/mol. The molecule has 2 aromatic heterocycles. The maximum absolute atomic E-state index is 13.5. The van der Waals surface area contributed by atoms with Gasteiger partial charge in [-0.3, -0.25) is 14.0 Å². The Kier molecular flexibility index (Phi) is 9.65. The molecule has 9 nitrogen and oxygen atoms in total. The SMILES string of the molecule is CC(C)(C)OC(=O)N(CCNC(=O)c1cccn2c(=O)c3cc(-c4ccccc4)ccc3nc12)CCO[Si](C)(C)C(C)(C)C. The van der Waals surface area contributed by atoms with Gasteiger partial charge in [0.2, 0.25) is 0 Å². The molecule has 4 aromatic rings. The van der Waals surface area contributed by atoms with Crippen molar-refractivity contribution in [2.24, 2.45) is 0 Å². The summed E-state index contributed by atoms with van der Waals surface area (Å²) in [7, 11) is -2.00. The van der Waals surface area contributed by atoms with E-state index in [1.165, 1.54) is 4.40 Å². The van der Waals surface area contributed by atoms with Crippen molar-refractivity contribution in [2.75, 3.05) is 26.2 Å². The minimum absolute atomic E-state index is 0.0433. The van der Waals surface area contributed by atoms with E-state index >= 15 is 0 Å². The normalized spacial score (nSPS) is 12.4. The molecule has 0 bridgehead atoms. The molecule has 4 rings (SSSR count). The van der Waals surface area contributed by atoms with Gasteiger partial charge in [-0.05, 0) is 74.3 Å². The highest BCUT2D eigenvalue weighted by molar-refractivity contribution is 6.74. The largest absolute Gasteiger partial charge is 0.444 e. The Morgan fingerprint density at radius 1 is 0.932 bits per heavy atom. The molecule has 0 atom stereocenters. The number of amides is 2. The smallest absolute Gasteiger partial charge is 0.410 e. The molecule has 0 aliphatic heterocycles. The highest BCUT2D eigenvalue weighted by atomic mass is 28.4. The molecule has 2 amide bonds. The molecule has 234 valence electrons. The highest BCUT2D eigenvalue weighted by Gasteiger charge is 2.37. The number of fused-ring (bicyclic) bond motifs is 2. The van der Waals surface area contributed by atoms with Crippen LogP contribution in [0.2, 0.25) is 18.1 Å². The first kappa shape index (κ1) is 32.9. The van der Waals surface area contributed by atoms with Gasteiger partial charge < -0.3 is 19.4 Å². The van der Waals surface area contributed by atoms with Gasteiger partial charge >= 0.3 is 6.09 Å². The number of carbonyl (C=O) groups excluding carboxylic acids is 2. The second-order valence-electron chi connectivity index (χ2n) is 13.5. The number of hydrogen-bond acceptors (Lipinski definition) is 6. The minimum atomic E-state index is -2.00. The van der Waals surface area contributed by atoms with E-state index in [1.807, 2.05) is 63.2 Å². The third-order valence-corrected chi connectivity index (χ3v) is 12.5. The van der Waals surface area contributed by atoms with Crippen molar-refractivity contribution in [2.45, 2.75) is 65.3 Å². The molecule has 10 heteroatoms. The number of hydrogen-bond donors (Lipinski definition) is 1. The fraction of sp³-hybridized carbons (Fsp3) is 0.412. The Balaban J connectivity index is 1.51. The van der Waals surface area contributed by atoms with Crippen LogP contribution in [0.15, 0.2) is 71.7 Å². The minimum Gasteiger partial charge on any atom is -0.444 e. The van der Waals surface area contributed by atoms with Crippen LogP contribution in [-0.2, 0) is 9.16 Å². The molecule has 44 heavy (non-hydrogen) atoms. The third kappa shape index (κ3) is 7.73. The van der Waals surface area contributed by atoms with E-state index in [9.17, 15) is 14.4 Å². The van der Waals surface area contributed by atoms with Crippen LogP contribution in [0, 0.1) is 0 Å². The van der Waals surface area contributed by atoms with Crippen LogP contribution >= 0.6 is 0 Å². The second kappa shape index (κ2) is 12.9. The first-order valence-corrected chi connectivity index (χ1v) is 17.9. The average Bonchev–Trinajstić information content (AvgIpc) is 2.95. The predicted octanol–water partition coefficient (Wildman–Crippen LogP) is 6.50. The Morgan fingerprint density at radius 2 is 1.64 bits per heavy atom. The van der Waals surface area contributed by atoms with Crippen LogP contribution in [0.1, 0.15) is 51.9 Å². The summed E-state index contributed by atoms with van der Waals surface area (Å²) in [6.07, 6.45) is 1.15. The van der Waals surface area contributed by atoms with E-state index in [0.717, 1.165) is 11.1 Å². The van der Waals surface area contributed by atoms with Gasteiger partial charge in [0.15, 0.2) is 14.0 Å². The first-order valence-electron chi connectivity index (χ1n) is 15.0. The molecule has 0 fully saturated rings. The Morgan fingerprint density at radius 3 is 2.30 bits per heavy atom. The van der Waals surface area contributed by atoms with Crippen molar-refractivity contribution in [3.63, 3.8) is 0 Å². The van der Waals surface area contributed by atoms with Gasteiger partial charge in [-0.15, -0.1) is 0 Å². The zero-order valence-electron chi connectivity index (χ0n) is 27.1. The van der Waals surface area contributed by atoms with Crippen LogP contribution in [0.3, 0.4) is 0 Å². The zero-order valence-corrected chi connectivity index (χ0v) is 28.1. The van der Waals surface area contributed by atoms with Gasteiger partial charge in [-0.2, -0.15) is 0 Å². The van der Waals surface area contributed by atoms with Crippen molar-refractivity contribution in [3.05, 3.63) is 82.8 Å². The standard InChI is InChI=1S/C34H44N4O5Si/c1-33(2,3)43-32(41)37(21-22-42-44(7,8)34(4,5)6)20-18-35-30(39)26-15-12-19-38-29(26)36-28-17-16-25(23-27(28)31(38)40)24-13-10-9-11-14-24/h9-17,19,23H,18,20-22H2,1-8H3,(H,35,39). The van der Waals surface area contributed by atoms with Gasteiger partial charge in [0, 0.05) is 25.8 Å². The third-order valence-electron chi connectivity index (χ3n) is 7.94. The van der Waals surface area contributed by atoms with Crippen LogP contribution in [0.4, 0.5) is 4.79 Å². The van der Waals surface area contributed by atoms with Crippen molar-refractivity contribution in [1.29, 1.82) is 0 Å². The number of rotatable bonds is 9. The van der Waals surface area contributed by atoms with E-state index in [-0.39, 0.29) is 34.9 Å². The quantitative estimate of drug-likeness (QED) is 0.170. The number of carbonyl (C=O) groups is 2. The van der Waals surface area contributed by atoms with Crippen LogP contribution in [0.25, 0.3) is 27.7 Å². The van der Waals surface area contributed by atoms with E-state index < -0.39 is 25.9 Å². The number of nitrogens with zero attached hydrogens (tertiary/aromatic N) is 3. The molecule has 0 aliphatic rings. The molecule has 1 N–H and O–H groups in total. The van der Waals surface area contributed by atoms with Crippen molar-refractivity contribution in [1.82, 2.24) is 19.6 Å². The monoisotopic (exact) mass is 616 g/mol. The van der Waals surface area contributed by atoms with Crippen molar-refractivity contribution in [3.8, 4) is 11.1 Å². The van der Waals surface area contributed by atoms with Gasteiger partial charge in [-0.25, -0.2) is 9.78 Å². The molecule has 0 saturated heterocycles. The fourth-order valence-corrected chi connectivity index (χ4v) is 5.50. The number of aromatic nitrogens is 2. The maximum atomic E-state index is 13.5. The summed E-state index contributed by atoms with van der Waals surface area (Å²) >= 11 is 0. The van der Waals surface area contributed by atoms with E-state index in [2.05, 4.69) is 39.2 Å². The summed E-state index contributed by atoms with van der Waals surface area (Å²) in [5, 5.41) is 3.40. The number of benzene rings is 2. The molecule has 0 saturated carbocycles. The lowest BCUT2D eigenvalue weighted by Crippen LogP contribution is -2.46. The Labute approximate surface area is 260 Å². The Bertz CT molecular complexity index is 1700. The summed E-state index contributed by atoms with van der Waals surface area (Å²) in [4.78, 5) is 46.1. The lowest BCUT2D eigenvalue weighted by Gasteiger charge is -2.37. The lowest BCUT2D eigenvalue weighted by molar-refractivity contribution is 0.0223. The van der Waals surface area contributed by atoms with Gasteiger partial charge in [-0.1, -0.05) is 57.2 Å². The van der Waals surface area contributed by atoms with Gasteiger partial charge in [0.25, 0.3) is 11.5 Å². The average molecular weight is 617 g/mol. The summed E-state index contributed by atoms with van der Waals surface area (Å²) in [5.74, 6) is -0.392. The summed E-state index contributed by atoms with van der Waals surface area (Å²) in [6, 6.07) is 18.7. The predicted molar refractivity (Wildman–Crippen MR) is 178 cm³/mol. The van der Waals surface area contributed by atoms with E-state index in [4.69, 9.17) is 14.1 Å². The van der Waals surface area contributed by atoms with Crippen molar-refractivity contribution < 1.29 is 18.8 Å². The summed E-state index contributed by atoms with van der Waals surface area (Å²) < 4.78 is 13.3. The topological polar surface area (TPSA) is 102 Å². The van der Waals surface area contributed by atoms with Gasteiger partial charge in [0.1, 0.15) is 5.60 Å². The van der Waals surface area contributed by atoms with Gasteiger partial charge in [0.05, 0.1) is 23.1 Å². The van der Waals surface area contributed by atoms with Crippen LogP contribution < -0.4 is 10.9 Å². The first-order chi connectivity index (χ1) is 20.6. The van der Waals surface area contributed by atoms with E-state index in [1.54, 1.807) is 29.3 Å². The molecular formula is C34H44N4O5Si. The van der Waals surface area contributed by atoms with Crippen molar-refractivity contribution >= 4 is 36.9 Å². The molecule has 2 heterocycles.